The van der Waals surface area contributed by atoms with Crippen molar-refractivity contribution in [3.63, 3.8) is 0 Å². The number of esters is 1. The molecule has 0 aliphatic carbocycles. The topological polar surface area (TPSA) is 167 Å². The summed E-state index contributed by atoms with van der Waals surface area (Å²) < 4.78 is 5.11. The van der Waals surface area contributed by atoms with Crippen LogP contribution in [-0.2, 0) is 11.3 Å². The monoisotopic (exact) mass is 522 g/mol. The number of β-amino-alcohol motifs (C(OH)–C–C–N with tert-alkyl or cyclic N) is 1. The summed E-state index contributed by atoms with van der Waals surface area (Å²) in [6.45, 7) is 5.53. The first-order valence-corrected chi connectivity index (χ1v) is 12.6. The van der Waals surface area contributed by atoms with Gasteiger partial charge in [0.05, 0.1) is 18.4 Å². The molecule has 0 spiro atoms. The Kier molecular flexibility index (Phi) is 7.18. The largest absolute Gasteiger partial charge is 0.462 e. The van der Waals surface area contributed by atoms with Crippen LogP contribution in [0.1, 0.15) is 34.3 Å². The van der Waals surface area contributed by atoms with Crippen molar-refractivity contribution in [1.29, 1.82) is 0 Å². The highest BCUT2D eigenvalue weighted by Gasteiger charge is 2.23. The summed E-state index contributed by atoms with van der Waals surface area (Å²) in [5, 5.41) is 30.9. The molecule has 4 heterocycles. The normalized spacial score (nSPS) is 15.1. The highest BCUT2D eigenvalue weighted by atomic mass is 32.1. The fourth-order valence-electron chi connectivity index (χ4n) is 3.88. The van der Waals surface area contributed by atoms with Gasteiger partial charge >= 0.3 is 5.97 Å². The minimum absolute atomic E-state index is 0.292. The molecule has 1 fully saturated rings. The third-order valence-corrected chi connectivity index (χ3v) is 6.78. The van der Waals surface area contributed by atoms with E-state index in [1.54, 1.807) is 13.8 Å². The fraction of sp³-hybridized carbons (Fsp3) is 0.348. The zero-order valence-corrected chi connectivity index (χ0v) is 21.1. The van der Waals surface area contributed by atoms with Crippen LogP contribution in [0.5, 0.6) is 0 Å². The lowest BCUT2D eigenvalue weighted by atomic mass is 10.1. The van der Waals surface area contributed by atoms with Gasteiger partial charge in [0.15, 0.2) is 11.0 Å². The molecule has 1 aliphatic rings. The van der Waals surface area contributed by atoms with Crippen LogP contribution in [0.15, 0.2) is 30.3 Å². The van der Waals surface area contributed by atoms with Crippen molar-refractivity contribution in [3.8, 4) is 11.4 Å². The highest BCUT2D eigenvalue weighted by Crippen LogP contribution is 2.28. The molecule has 3 aromatic heterocycles. The molecule has 0 amide bonds. The smallest absolute Gasteiger partial charge is 0.350 e. The number of H-pyrrole nitrogens is 1. The van der Waals surface area contributed by atoms with Crippen molar-refractivity contribution in [2.24, 2.45) is 0 Å². The van der Waals surface area contributed by atoms with Crippen LogP contribution in [-0.4, -0.2) is 72.5 Å². The summed E-state index contributed by atoms with van der Waals surface area (Å²) in [6, 6.07) is 9.70. The molecule has 192 valence electrons. The number of aliphatic hydroxyl groups excluding tert-OH is 1. The molecule has 0 saturated carbocycles. The highest BCUT2D eigenvalue weighted by molar-refractivity contribution is 7.17. The molecule has 1 saturated heterocycles. The first kappa shape index (κ1) is 24.5. The zero-order valence-electron chi connectivity index (χ0n) is 20.3. The van der Waals surface area contributed by atoms with Crippen LogP contribution < -0.4 is 15.5 Å². The SMILES string of the molecule is CCOC(=O)c1sc(Nc2nc(NCc3ccc(-c4nnn[nH]4)cc3)cc(N3CCC(O)C3)n2)nc1C. The number of rotatable bonds is 9. The number of benzene rings is 1. The van der Waals surface area contributed by atoms with Crippen LogP contribution >= 0.6 is 11.3 Å². The van der Waals surface area contributed by atoms with Gasteiger partial charge in [0.1, 0.15) is 16.5 Å². The van der Waals surface area contributed by atoms with Crippen LogP contribution in [0.2, 0.25) is 0 Å². The minimum Gasteiger partial charge on any atom is -0.462 e. The minimum atomic E-state index is -0.403. The van der Waals surface area contributed by atoms with Crippen molar-refractivity contribution < 1.29 is 14.6 Å². The van der Waals surface area contributed by atoms with Gasteiger partial charge in [0.2, 0.25) is 5.95 Å². The number of aliphatic hydroxyl groups is 1. The fourth-order valence-corrected chi connectivity index (χ4v) is 4.73. The van der Waals surface area contributed by atoms with Gasteiger partial charge in [-0.3, -0.25) is 5.32 Å². The Morgan fingerprint density at radius 3 is 2.81 bits per heavy atom. The van der Waals surface area contributed by atoms with Crippen molar-refractivity contribution in [3.05, 3.63) is 46.5 Å². The second-order valence-electron chi connectivity index (χ2n) is 8.40. The first-order chi connectivity index (χ1) is 18.0. The Morgan fingerprint density at radius 1 is 1.27 bits per heavy atom. The number of hydrogen-bond acceptors (Lipinski definition) is 13. The Balaban J connectivity index is 1.35. The van der Waals surface area contributed by atoms with E-state index < -0.39 is 12.1 Å². The Bertz CT molecular complexity index is 1360. The molecule has 1 aliphatic heterocycles. The Labute approximate surface area is 216 Å². The number of aromatic nitrogens is 7. The van der Waals surface area contributed by atoms with E-state index in [-0.39, 0.29) is 0 Å². The molecule has 14 heteroatoms. The summed E-state index contributed by atoms with van der Waals surface area (Å²) in [5.41, 5.74) is 2.50. The van der Waals surface area contributed by atoms with Crippen molar-refractivity contribution >= 4 is 40.0 Å². The van der Waals surface area contributed by atoms with Crippen molar-refractivity contribution in [1.82, 2.24) is 35.6 Å². The standard InChI is InChI=1S/C23H26N10O3S/c1-3-36-21(35)19-13(2)25-23(37-19)28-22-26-17(10-18(27-22)33-9-8-16(34)12-33)24-11-14-4-6-15(7-5-14)20-29-31-32-30-20/h4-7,10,16,34H,3,8-9,11-12H2,1-2H3,(H,29,30,31,32)(H2,24,25,26,27,28). The number of anilines is 4. The zero-order chi connectivity index (χ0) is 25.8. The number of aromatic amines is 1. The van der Waals surface area contributed by atoms with Crippen LogP contribution in [0.3, 0.4) is 0 Å². The molecule has 0 bridgehead atoms. The molecule has 37 heavy (non-hydrogen) atoms. The number of hydrogen-bond donors (Lipinski definition) is 4. The van der Waals surface area contributed by atoms with Gasteiger partial charge < -0.3 is 20.1 Å². The number of aryl methyl sites for hydroxylation is 1. The van der Waals surface area contributed by atoms with E-state index in [0.29, 0.717) is 71.8 Å². The summed E-state index contributed by atoms with van der Waals surface area (Å²) in [5.74, 6) is 1.82. The number of carbonyl (C=O) groups excluding carboxylic acids is 1. The van der Waals surface area contributed by atoms with Gasteiger partial charge in [-0.1, -0.05) is 35.6 Å². The summed E-state index contributed by atoms with van der Waals surface area (Å²) >= 11 is 1.19. The second kappa shape index (κ2) is 10.8. The molecule has 1 aromatic carbocycles. The average Bonchev–Trinajstić information content (AvgIpc) is 3.65. The lowest BCUT2D eigenvalue weighted by Crippen LogP contribution is -2.23. The van der Waals surface area contributed by atoms with Crippen LogP contribution in [0.4, 0.5) is 22.7 Å². The van der Waals surface area contributed by atoms with Gasteiger partial charge in [0.25, 0.3) is 0 Å². The quantitative estimate of drug-likeness (QED) is 0.238. The molecule has 0 radical (unpaired) electrons. The van der Waals surface area contributed by atoms with Crippen molar-refractivity contribution in [2.75, 3.05) is 35.2 Å². The summed E-state index contributed by atoms with van der Waals surface area (Å²) in [6.07, 6.45) is 0.284. The number of nitrogens with one attached hydrogen (secondary N) is 3. The molecule has 1 atom stereocenters. The predicted octanol–water partition coefficient (Wildman–Crippen LogP) is 2.53. The number of tetrazole rings is 1. The maximum absolute atomic E-state index is 12.2. The number of thiazole rings is 1. The molecule has 1 unspecified atom stereocenters. The number of ether oxygens (including phenoxy) is 1. The van der Waals surface area contributed by atoms with E-state index in [2.05, 4.69) is 46.2 Å². The number of nitrogens with zero attached hydrogens (tertiary/aromatic N) is 7. The molecule has 5 rings (SSSR count). The van der Waals surface area contributed by atoms with E-state index in [1.807, 2.05) is 35.2 Å². The predicted molar refractivity (Wildman–Crippen MR) is 138 cm³/mol. The maximum Gasteiger partial charge on any atom is 0.350 e. The number of carbonyl (C=O) groups is 1. The van der Waals surface area contributed by atoms with E-state index in [4.69, 9.17) is 4.74 Å². The maximum atomic E-state index is 12.2. The second-order valence-corrected chi connectivity index (χ2v) is 9.40. The third kappa shape index (κ3) is 5.81. The molecule has 4 N–H and O–H groups in total. The van der Waals surface area contributed by atoms with Crippen molar-refractivity contribution in [2.45, 2.75) is 32.9 Å². The Hall–Kier alpha value is -4.17. The first-order valence-electron chi connectivity index (χ1n) is 11.8. The molecular weight excluding hydrogens is 496 g/mol. The van der Waals surface area contributed by atoms with Gasteiger partial charge in [0, 0.05) is 31.3 Å². The lowest BCUT2D eigenvalue weighted by Gasteiger charge is -2.18. The van der Waals surface area contributed by atoms with Gasteiger partial charge in [-0.2, -0.15) is 9.97 Å². The summed E-state index contributed by atoms with van der Waals surface area (Å²) in [4.78, 5) is 28.3. The van der Waals surface area contributed by atoms with E-state index in [0.717, 1.165) is 11.1 Å². The molecule has 4 aromatic rings. The van der Waals surface area contributed by atoms with E-state index in [9.17, 15) is 9.90 Å². The van der Waals surface area contributed by atoms with E-state index >= 15 is 0 Å². The van der Waals surface area contributed by atoms with Crippen LogP contribution in [0.25, 0.3) is 11.4 Å². The average molecular weight is 523 g/mol. The lowest BCUT2D eigenvalue weighted by molar-refractivity contribution is 0.0531. The van der Waals surface area contributed by atoms with Gasteiger partial charge in [-0.15, -0.1) is 5.10 Å². The van der Waals surface area contributed by atoms with E-state index in [1.165, 1.54) is 11.3 Å². The van der Waals surface area contributed by atoms with Gasteiger partial charge in [-0.25, -0.2) is 14.9 Å². The van der Waals surface area contributed by atoms with Gasteiger partial charge in [-0.05, 0) is 36.3 Å². The Morgan fingerprint density at radius 2 is 2.11 bits per heavy atom. The molecule has 13 nitrogen and oxygen atoms in total. The third-order valence-electron chi connectivity index (χ3n) is 5.72. The molecular formula is C23H26N10O3S. The van der Waals surface area contributed by atoms with Crippen LogP contribution in [0, 0.1) is 6.92 Å². The summed E-state index contributed by atoms with van der Waals surface area (Å²) in [7, 11) is 0.